The highest BCUT2D eigenvalue weighted by Gasteiger charge is 2.66. The second kappa shape index (κ2) is 10.4. The number of amides is 2. The molecule has 1 aromatic carbocycles. The van der Waals surface area contributed by atoms with Crippen molar-refractivity contribution in [1.29, 1.82) is 0 Å². The summed E-state index contributed by atoms with van der Waals surface area (Å²) >= 11 is 0. The van der Waals surface area contributed by atoms with Crippen LogP contribution >= 0.6 is 0 Å². The van der Waals surface area contributed by atoms with Crippen molar-refractivity contribution in [1.82, 2.24) is 5.32 Å². The molecule has 4 rings (SSSR count). The van der Waals surface area contributed by atoms with Gasteiger partial charge in [0.25, 0.3) is 0 Å². The summed E-state index contributed by atoms with van der Waals surface area (Å²) in [6.45, 7) is 2.02. The van der Waals surface area contributed by atoms with Crippen molar-refractivity contribution in [3.05, 3.63) is 22.8 Å². The number of Topliss-reactive ketones (excluding diaryl/α,β-unsaturated/α-hetero) is 4. The molecular formula is C27H33N3O9. The van der Waals surface area contributed by atoms with Crippen molar-refractivity contribution in [3.63, 3.8) is 0 Å². The molecule has 210 valence electrons. The van der Waals surface area contributed by atoms with Crippen LogP contribution in [0.15, 0.2) is 6.07 Å². The largest absolute Gasteiger partial charge is 0.507 e. The standard InChI is InChI=1S/C27H33N3O9/c1-4-5-6-39-26(37)29-11-13-9-16(30(2)3)15-8-12-7-14-10-17(31)20(25(28)36)24(35)27(14,38)23(34)18(12)22(33)19(15)21(13)32/h9,12,14,18,20,32,38H,4-8,10-11H2,1-3H3,(H2,28,36)(H,29,37)/t12-,14+,18?,20?,27+/m1/s1. The minimum absolute atomic E-state index is 0.0155. The zero-order chi connectivity index (χ0) is 28.8. The summed E-state index contributed by atoms with van der Waals surface area (Å²) in [5.41, 5.74) is 3.67. The Bertz CT molecular complexity index is 1270. The molecule has 0 spiro atoms. The van der Waals surface area contributed by atoms with E-state index in [4.69, 9.17) is 10.5 Å². The van der Waals surface area contributed by atoms with Crippen LogP contribution in [-0.4, -0.2) is 71.6 Å². The summed E-state index contributed by atoms with van der Waals surface area (Å²) in [7, 11) is 3.49. The van der Waals surface area contributed by atoms with Crippen molar-refractivity contribution >= 4 is 40.8 Å². The van der Waals surface area contributed by atoms with E-state index >= 15 is 0 Å². The van der Waals surface area contributed by atoms with Gasteiger partial charge in [0, 0.05) is 44.2 Å². The Kier molecular flexibility index (Phi) is 7.53. The molecule has 0 aliphatic heterocycles. The molecule has 0 aromatic heterocycles. The van der Waals surface area contributed by atoms with Crippen LogP contribution in [0.4, 0.5) is 10.5 Å². The Hall–Kier alpha value is -3.80. The zero-order valence-electron chi connectivity index (χ0n) is 22.1. The van der Waals surface area contributed by atoms with Gasteiger partial charge in [-0.25, -0.2) is 4.79 Å². The number of primary amides is 1. The fourth-order valence-electron chi connectivity index (χ4n) is 6.13. The molecule has 39 heavy (non-hydrogen) atoms. The number of nitrogens with one attached hydrogen (secondary N) is 1. The maximum absolute atomic E-state index is 13.8. The second-order valence-corrected chi connectivity index (χ2v) is 10.7. The van der Waals surface area contributed by atoms with Gasteiger partial charge in [0.05, 0.1) is 18.1 Å². The van der Waals surface area contributed by atoms with Crippen LogP contribution in [0, 0.1) is 23.7 Å². The Morgan fingerprint density at radius 2 is 1.87 bits per heavy atom. The summed E-state index contributed by atoms with van der Waals surface area (Å²) in [6.07, 6.45) is 0.632. The third kappa shape index (κ3) is 4.56. The van der Waals surface area contributed by atoms with Gasteiger partial charge in [0.15, 0.2) is 34.7 Å². The van der Waals surface area contributed by atoms with Gasteiger partial charge in [-0.2, -0.15) is 0 Å². The quantitative estimate of drug-likeness (QED) is 0.277. The highest BCUT2D eigenvalue weighted by molar-refractivity contribution is 6.31. The number of ether oxygens (including phenoxy) is 1. The maximum Gasteiger partial charge on any atom is 0.407 e. The predicted octanol–water partition coefficient (Wildman–Crippen LogP) is 0.419. The summed E-state index contributed by atoms with van der Waals surface area (Å²) in [5.74, 6) is -10.7. The van der Waals surface area contributed by atoms with Crippen molar-refractivity contribution < 1.29 is 43.7 Å². The number of benzene rings is 1. The molecule has 2 amide bonds. The molecule has 3 aliphatic rings. The lowest BCUT2D eigenvalue weighted by atomic mass is 9.53. The molecule has 12 heteroatoms. The van der Waals surface area contributed by atoms with Crippen molar-refractivity contribution in [2.45, 2.75) is 51.2 Å². The fraction of sp³-hybridized carbons (Fsp3) is 0.556. The predicted molar refractivity (Wildman–Crippen MR) is 136 cm³/mol. The number of hydrogen-bond donors (Lipinski definition) is 4. The molecule has 5 atom stereocenters. The minimum Gasteiger partial charge on any atom is -0.507 e. The van der Waals surface area contributed by atoms with E-state index < -0.39 is 76.6 Å². The number of carbonyl (C=O) groups is 6. The molecule has 0 heterocycles. The lowest BCUT2D eigenvalue weighted by molar-refractivity contribution is -0.175. The molecular weight excluding hydrogens is 510 g/mol. The number of aliphatic hydroxyl groups is 1. The van der Waals surface area contributed by atoms with Crippen LogP contribution in [0.2, 0.25) is 0 Å². The highest BCUT2D eigenvalue weighted by Crippen LogP contribution is 2.51. The van der Waals surface area contributed by atoms with E-state index in [2.05, 4.69) is 5.32 Å². The summed E-state index contributed by atoms with van der Waals surface area (Å²) in [6, 6.07) is 1.64. The number of phenolic OH excluding ortho intramolecular Hbond substituents is 1. The number of ketones is 4. The number of anilines is 1. The second-order valence-electron chi connectivity index (χ2n) is 10.7. The van der Waals surface area contributed by atoms with Gasteiger partial charge in [-0.3, -0.25) is 24.0 Å². The zero-order valence-corrected chi connectivity index (χ0v) is 22.1. The van der Waals surface area contributed by atoms with Gasteiger partial charge < -0.3 is 30.9 Å². The fourth-order valence-corrected chi connectivity index (χ4v) is 6.13. The average Bonchev–Trinajstić information content (AvgIpc) is 2.85. The first-order valence-electron chi connectivity index (χ1n) is 13.0. The monoisotopic (exact) mass is 543 g/mol. The van der Waals surface area contributed by atoms with Crippen LogP contribution in [0.1, 0.15) is 54.1 Å². The van der Waals surface area contributed by atoms with Crippen LogP contribution in [0.3, 0.4) is 0 Å². The molecule has 5 N–H and O–H groups in total. The van der Waals surface area contributed by atoms with E-state index in [-0.39, 0.29) is 37.1 Å². The van der Waals surface area contributed by atoms with Gasteiger partial charge in [-0.15, -0.1) is 0 Å². The van der Waals surface area contributed by atoms with E-state index in [0.717, 1.165) is 6.42 Å². The third-order valence-corrected chi connectivity index (χ3v) is 8.09. The third-order valence-electron chi connectivity index (χ3n) is 8.09. The van der Waals surface area contributed by atoms with Gasteiger partial charge in [0.2, 0.25) is 5.91 Å². The number of rotatable bonds is 7. The number of fused-ring (bicyclic) bond motifs is 3. The van der Waals surface area contributed by atoms with Crippen molar-refractivity contribution in [2.75, 3.05) is 25.6 Å². The van der Waals surface area contributed by atoms with Crippen LogP contribution < -0.4 is 16.0 Å². The lowest BCUT2D eigenvalue weighted by Gasteiger charge is -2.48. The Balaban J connectivity index is 1.71. The summed E-state index contributed by atoms with van der Waals surface area (Å²) in [4.78, 5) is 78.6. The number of unbranched alkanes of at least 4 members (excludes halogenated alkanes) is 1. The van der Waals surface area contributed by atoms with Gasteiger partial charge >= 0.3 is 6.09 Å². The number of hydrogen-bond acceptors (Lipinski definition) is 10. The van der Waals surface area contributed by atoms with Crippen molar-refractivity contribution in [2.24, 2.45) is 29.4 Å². The van der Waals surface area contributed by atoms with Crippen LogP contribution in [0.5, 0.6) is 5.75 Å². The minimum atomic E-state index is -2.71. The van der Waals surface area contributed by atoms with E-state index in [1.54, 1.807) is 25.1 Å². The normalized spacial score (nSPS) is 27.8. The first kappa shape index (κ1) is 28.2. The smallest absolute Gasteiger partial charge is 0.407 e. The molecule has 2 saturated carbocycles. The Labute approximate surface area is 224 Å². The molecule has 2 unspecified atom stereocenters. The number of nitrogens with zero attached hydrogens (tertiary/aromatic N) is 1. The summed E-state index contributed by atoms with van der Waals surface area (Å²) in [5, 5.41) is 25.0. The Morgan fingerprint density at radius 1 is 1.18 bits per heavy atom. The molecule has 12 nitrogen and oxygen atoms in total. The first-order chi connectivity index (χ1) is 18.3. The van der Waals surface area contributed by atoms with Gasteiger partial charge in [-0.1, -0.05) is 13.3 Å². The van der Waals surface area contributed by atoms with Crippen molar-refractivity contribution in [3.8, 4) is 5.75 Å². The molecule has 3 aliphatic carbocycles. The first-order valence-corrected chi connectivity index (χ1v) is 13.0. The number of phenols is 1. The SMILES string of the molecule is CCCCOC(=O)NCc1cc(N(C)C)c2c(c1O)C(=O)C1C(=O)[C@]3(O)C(=O)C(C(N)=O)C(=O)C[C@@H]3C[C@@H]1C2. The van der Waals surface area contributed by atoms with E-state index in [9.17, 15) is 39.0 Å². The highest BCUT2D eigenvalue weighted by atomic mass is 16.5. The van der Waals surface area contributed by atoms with E-state index in [1.807, 2.05) is 6.92 Å². The Morgan fingerprint density at radius 3 is 2.49 bits per heavy atom. The summed E-state index contributed by atoms with van der Waals surface area (Å²) < 4.78 is 5.07. The molecule has 0 bridgehead atoms. The van der Waals surface area contributed by atoms with Crippen LogP contribution in [-0.2, 0) is 36.9 Å². The molecule has 2 fully saturated rings. The molecule has 0 radical (unpaired) electrons. The lowest BCUT2D eigenvalue weighted by Crippen LogP contribution is -2.68. The topological polar surface area (TPSA) is 193 Å². The van der Waals surface area contributed by atoms with E-state index in [1.165, 1.54) is 0 Å². The van der Waals surface area contributed by atoms with Gasteiger partial charge in [0.1, 0.15) is 5.75 Å². The number of alkyl carbamates (subject to hydrolysis) is 1. The number of nitrogens with two attached hydrogens (primary N) is 1. The number of aromatic hydroxyl groups is 1. The van der Waals surface area contributed by atoms with Gasteiger partial charge in [-0.05, 0) is 36.8 Å². The average molecular weight is 544 g/mol. The van der Waals surface area contributed by atoms with E-state index in [0.29, 0.717) is 17.7 Å². The molecule has 0 saturated heterocycles. The molecule has 1 aromatic rings. The van der Waals surface area contributed by atoms with Crippen LogP contribution in [0.25, 0.3) is 0 Å². The maximum atomic E-state index is 13.8. The number of carbonyl (C=O) groups excluding carboxylic acids is 6.